The Bertz CT molecular complexity index is 366. The van der Waals surface area contributed by atoms with Crippen LogP contribution in [0.25, 0.3) is 0 Å². The fraction of sp³-hybridized carbons (Fsp3) is 0.538. The van der Waals surface area contributed by atoms with Gasteiger partial charge in [0, 0.05) is 10.9 Å². The average molecular weight is 302 g/mol. The highest BCUT2D eigenvalue weighted by Gasteiger charge is 2.21. The van der Waals surface area contributed by atoms with Crippen molar-refractivity contribution >= 4 is 15.9 Å². The minimum absolute atomic E-state index is 0.604. The van der Waals surface area contributed by atoms with Gasteiger partial charge in [-0.25, -0.2) is 0 Å². The summed E-state index contributed by atoms with van der Waals surface area (Å²) >= 11 is 3.50. The van der Waals surface area contributed by atoms with Crippen molar-refractivity contribution in [3.05, 3.63) is 28.2 Å². The molecule has 0 bridgehead atoms. The average Bonchev–Trinajstić information content (AvgIpc) is 2.29. The lowest BCUT2D eigenvalue weighted by Gasteiger charge is -2.24. The van der Waals surface area contributed by atoms with Crippen LogP contribution in [0.5, 0.6) is 5.75 Å². The maximum absolute atomic E-state index is 10.3. The molecule has 0 aliphatic carbocycles. The molecule has 1 rings (SSSR count). The maximum atomic E-state index is 10.3. The molecule has 1 atom stereocenters. The number of hydrogen-bond donors (Lipinski definition) is 2. The Labute approximate surface area is 111 Å². The van der Waals surface area contributed by atoms with Gasteiger partial charge in [-0.1, -0.05) is 15.9 Å². The normalized spacial score (nSPS) is 14.4. The molecule has 0 fully saturated rings. The highest BCUT2D eigenvalue weighted by atomic mass is 79.9. The summed E-state index contributed by atoms with van der Waals surface area (Å²) in [7, 11) is 3.53. The van der Waals surface area contributed by atoms with Crippen molar-refractivity contribution in [1.29, 1.82) is 0 Å². The number of rotatable bonds is 6. The van der Waals surface area contributed by atoms with Gasteiger partial charge in [0.05, 0.1) is 12.7 Å². The van der Waals surface area contributed by atoms with E-state index in [0.717, 1.165) is 22.3 Å². The highest BCUT2D eigenvalue weighted by molar-refractivity contribution is 9.10. The number of nitrogens with one attached hydrogen (secondary N) is 1. The Balaban J connectivity index is 2.78. The van der Waals surface area contributed by atoms with Crippen molar-refractivity contribution in [2.75, 3.05) is 20.7 Å². The fourth-order valence-corrected chi connectivity index (χ4v) is 2.09. The van der Waals surface area contributed by atoms with E-state index in [0.29, 0.717) is 12.8 Å². The van der Waals surface area contributed by atoms with Crippen LogP contribution in [0, 0.1) is 0 Å². The van der Waals surface area contributed by atoms with E-state index in [1.165, 1.54) is 0 Å². The van der Waals surface area contributed by atoms with E-state index in [1.807, 2.05) is 32.2 Å². The summed E-state index contributed by atoms with van der Waals surface area (Å²) < 4.78 is 6.19. The molecule has 0 radical (unpaired) electrons. The number of ether oxygens (including phenoxy) is 1. The van der Waals surface area contributed by atoms with Crippen molar-refractivity contribution in [1.82, 2.24) is 5.32 Å². The second-order valence-electron chi connectivity index (χ2n) is 4.48. The highest BCUT2D eigenvalue weighted by Crippen LogP contribution is 2.27. The van der Waals surface area contributed by atoms with Gasteiger partial charge in [-0.2, -0.15) is 0 Å². The first kappa shape index (κ1) is 14.5. The van der Waals surface area contributed by atoms with Crippen LogP contribution in [0.4, 0.5) is 0 Å². The second kappa shape index (κ2) is 6.38. The summed E-state index contributed by atoms with van der Waals surface area (Å²) in [6.07, 6.45) is 1.32. The predicted molar refractivity (Wildman–Crippen MR) is 73.6 cm³/mol. The van der Waals surface area contributed by atoms with E-state index in [2.05, 4.69) is 21.2 Å². The van der Waals surface area contributed by atoms with Gasteiger partial charge in [-0.05, 0) is 50.7 Å². The zero-order valence-electron chi connectivity index (χ0n) is 10.6. The van der Waals surface area contributed by atoms with Crippen LogP contribution in [0.15, 0.2) is 22.7 Å². The van der Waals surface area contributed by atoms with E-state index in [1.54, 1.807) is 7.11 Å². The zero-order chi connectivity index (χ0) is 12.9. The Morgan fingerprint density at radius 3 is 2.76 bits per heavy atom. The largest absolute Gasteiger partial charge is 0.497 e. The van der Waals surface area contributed by atoms with Gasteiger partial charge in [0.15, 0.2) is 0 Å². The number of aliphatic hydroxyl groups is 1. The Hall–Kier alpha value is -0.580. The standard InChI is InChI=1S/C13H20BrNO2/c1-13(16,6-7-15-2)9-10-8-11(17-3)4-5-12(10)14/h4-5,8,15-16H,6-7,9H2,1-3H3. The van der Waals surface area contributed by atoms with E-state index in [4.69, 9.17) is 4.74 Å². The predicted octanol–water partition coefficient (Wildman–Crippen LogP) is 2.36. The molecule has 0 aromatic heterocycles. The third kappa shape index (κ3) is 4.66. The molecule has 1 aromatic carbocycles. The minimum Gasteiger partial charge on any atom is -0.497 e. The summed E-state index contributed by atoms with van der Waals surface area (Å²) in [5, 5.41) is 13.3. The summed E-state index contributed by atoms with van der Waals surface area (Å²) in [5.41, 5.74) is 0.350. The topological polar surface area (TPSA) is 41.5 Å². The summed E-state index contributed by atoms with van der Waals surface area (Å²) in [6, 6.07) is 5.80. The molecule has 96 valence electrons. The van der Waals surface area contributed by atoms with Crippen LogP contribution in [0.1, 0.15) is 18.9 Å². The second-order valence-corrected chi connectivity index (χ2v) is 5.34. The molecule has 0 aliphatic rings. The first-order chi connectivity index (χ1) is 7.98. The first-order valence-electron chi connectivity index (χ1n) is 5.68. The molecular weight excluding hydrogens is 282 g/mol. The minimum atomic E-state index is -0.710. The Morgan fingerprint density at radius 2 is 2.18 bits per heavy atom. The van der Waals surface area contributed by atoms with Crippen LogP contribution in [-0.2, 0) is 6.42 Å². The molecule has 17 heavy (non-hydrogen) atoms. The lowest BCUT2D eigenvalue weighted by Crippen LogP contribution is -2.31. The third-order valence-corrected chi connectivity index (χ3v) is 3.51. The first-order valence-corrected chi connectivity index (χ1v) is 6.47. The van der Waals surface area contributed by atoms with Crippen molar-refractivity contribution in [3.8, 4) is 5.75 Å². The van der Waals surface area contributed by atoms with Crippen LogP contribution < -0.4 is 10.1 Å². The van der Waals surface area contributed by atoms with Gasteiger partial charge in [-0.15, -0.1) is 0 Å². The molecule has 0 spiro atoms. The molecule has 0 aliphatic heterocycles. The van der Waals surface area contributed by atoms with E-state index in [9.17, 15) is 5.11 Å². The molecule has 1 unspecified atom stereocenters. The number of benzene rings is 1. The van der Waals surface area contributed by atoms with Gasteiger partial charge < -0.3 is 15.2 Å². The molecule has 3 nitrogen and oxygen atoms in total. The number of halogens is 1. The SMILES string of the molecule is CNCCC(C)(O)Cc1cc(OC)ccc1Br. The Kier molecular flexibility index (Phi) is 5.43. The monoisotopic (exact) mass is 301 g/mol. The van der Waals surface area contributed by atoms with Crippen molar-refractivity contribution in [2.24, 2.45) is 0 Å². The molecule has 2 N–H and O–H groups in total. The molecule has 0 amide bonds. The molecule has 0 saturated carbocycles. The van der Waals surface area contributed by atoms with Crippen LogP contribution >= 0.6 is 15.9 Å². The smallest absolute Gasteiger partial charge is 0.119 e. The van der Waals surface area contributed by atoms with Crippen molar-refractivity contribution < 1.29 is 9.84 Å². The fourth-order valence-electron chi connectivity index (χ4n) is 1.71. The molecule has 0 saturated heterocycles. The van der Waals surface area contributed by atoms with Gasteiger partial charge in [-0.3, -0.25) is 0 Å². The molecule has 4 heteroatoms. The van der Waals surface area contributed by atoms with Crippen molar-refractivity contribution in [3.63, 3.8) is 0 Å². The third-order valence-electron chi connectivity index (χ3n) is 2.74. The zero-order valence-corrected chi connectivity index (χ0v) is 12.2. The quantitative estimate of drug-likeness (QED) is 0.847. The van der Waals surface area contributed by atoms with Gasteiger partial charge >= 0.3 is 0 Å². The van der Waals surface area contributed by atoms with Gasteiger partial charge in [0.1, 0.15) is 5.75 Å². The maximum Gasteiger partial charge on any atom is 0.119 e. The summed E-state index contributed by atoms with van der Waals surface area (Å²) in [4.78, 5) is 0. The Morgan fingerprint density at radius 1 is 1.47 bits per heavy atom. The number of hydrogen-bond acceptors (Lipinski definition) is 3. The van der Waals surface area contributed by atoms with Crippen LogP contribution in [0.3, 0.4) is 0 Å². The lowest BCUT2D eigenvalue weighted by molar-refractivity contribution is 0.0518. The van der Waals surface area contributed by atoms with Gasteiger partial charge in [0.25, 0.3) is 0 Å². The molecular formula is C13H20BrNO2. The summed E-state index contributed by atoms with van der Waals surface area (Å²) in [6.45, 7) is 2.66. The summed E-state index contributed by atoms with van der Waals surface area (Å²) in [5.74, 6) is 0.813. The number of methoxy groups -OCH3 is 1. The van der Waals surface area contributed by atoms with Crippen LogP contribution in [0.2, 0.25) is 0 Å². The van der Waals surface area contributed by atoms with E-state index < -0.39 is 5.60 Å². The molecule has 0 heterocycles. The van der Waals surface area contributed by atoms with E-state index in [-0.39, 0.29) is 0 Å². The van der Waals surface area contributed by atoms with E-state index >= 15 is 0 Å². The molecule has 1 aromatic rings. The van der Waals surface area contributed by atoms with Crippen molar-refractivity contribution in [2.45, 2.75) is 25.4 Å². The van der Waals surface area contributed by atoms with Gasteiger partial charge in [0.2, 0.25) is 0 Å². The lowest BCUT2D eigenvalue weighted by atomic mass is 9.93. The van der Waals surface area contributed by atoms with Crippen LogP contribution in [-0.4, -0.2) is 31.4 Å².